The van der Waals surface area contributed by atoms with Crippen LogP contribution in [-0.2, 0) is 25.4 Å². The molecular formula is C17H22N6O3. The molecule has 3 rings (SSSR count). The first-order valence-electron chi connectivity index (χ1n) is 8.58. The van der Waals surface area contributed by atoms with E-state index < -0.39 is 11.2 Å². The Kier molecular flexibility index (Phi) is 4.95. The maximum absolute atomic E-state index is 12.3. The third kappa shape index (κ3) is 2.93. The van der Waals surface area contributed by atoms with Gasteiger partial charge in [-0.15, -0.1) is 0 Å². The van der Waals surface area contributed by atoms with E-state index in [1.54, 1.807) is 6.20 Å². The van der Waals surface area contributed by atoms with Crippen molar-refractivity contribution >= 4 is 5.82 Å². The number of ether oxygens (including phenoxy) is 1. The van der Waals surface area contributed by atoms with Crippen LogP contribution in [0, 0.1) is 11.3 Å². The van der Waals surface area contributed by atoms with Crippen molar-refractivity contribution < 1.29 is 4.74 Å². The summed E-state index contributed by atoms with van der Waals surface area (Å²) in [5, 5.41) is 12.7. The number of nitriles is 1. The van der Waals surface area contributed by atoms with Crippen LogP contribution >= 0.6 is 0 Å². The predicted octanol–water partition coefficient (Wildman–Crippen LogP) is 0.504. The molecule has 138 valence electrons. The highest BCUT2D eigenvalue weighted by atomic mass is 16.5. The normalized spacial score (nSPS) is 19.9. The number of anilines is 1. The Balaban J connectivity index is 2.03. The first-order valence-corrected chi connectivity index (χ1v) is 8.58. The number of nitrogens with zero attached hydrogens (tertiary/aromatic N) is 5. The van der Waals surface area contributed by atoms with Crippen molar-refractivity contribution in [3.63, 3.8) is 0 Å². The number of hydrogen-bond donors (Lipinski definition) is 1. The zero-order valence-corrected chi connectivity index (χ0v) is 15.1. The van der Waals surface area contributed by atoms with E-state index in [0.29, 0.717) is 6.61 Å². The molecule has 0 aliphatic carbocycles. The maximum Gasteiger partial charge on any atom is 0.332 e. The fourth-order valence-corrected chi connectivity index (χ4v) is 3.32. The summed E-state index contributed by atoms with van der Waals surface area (Å²) in [6.45, 7) is 3.39. The van der Waals surface area contributed by atoms with Crippen LogP contribution in [0.3, 0.4) is 0 Å². The van der Waals surface area contributed by atoms with Crippen molar-refractivity contribution in [1.29, 1.82) is 5.26 Å². The number of hydrogen-bond acceptors (Lipinski definition) is 6. The molecule has 2 atom stereocenters. The van der Waals surface area contributed by atoms with Gasteiger partial charge in [0, 0.05) is 39.6 Å². The second-order valence-electron chi connectivity index (χ2n) is 6.30. The Bertz CT molecular complexity index is 964. The minimum Gasteiger partial charge on any atom is -0.368 e. The van der Waals surface area contributed by atoms with Gasteiger partial charge in [0.1, 0.15) is 23.8 Å². The molecule has 1 N–H and O–H groups in total. The van der Waals surface area contributed by atoms with Gasteiger partial charge in [0.2, 0.25) is 0 Å². The summed E-state index contributed by atoms with van der Waals surface area (Å²) in [5.74, 6) is 1.01. The van der Waals surface area contributed by atoms with Crippen molar-refractivity contribution in [2.75, 3.05) is 11.9 Å². The number of aryl methyl sites for hydroxylation is 1. The summed E-state index contributed by atoms with van der Waals surface area (Å²) < 4.78 is 10.2. The lowest BCUT2D eigenvalue weighted by atomic mass is 10.0. The summed E-state index contributed by atoms with van der Waals surface area (Å²) in [7, 11) is 2.90. The van der Waals surface area contributed by atoms with Crippen molar-refractivity contribution in [2.24, 2.45) is 14.1 Å². The average molecular weight is 358 g/mol. The molecule has 9 nitrogen and oxygen atoms in total. The van der Waals surface area contributed by atoms with Crippen LogP contribution in [-0.4, -0.2) is 31.3 Å². The second-order valence-corrected chi connectivity index (χ2v) is 6.30. The van der Waals surface area contributed by atoms with Gasteiger partial charge < -0.3 is 14.6 Å². The van der Waals surface area contributed by atoms with Gasteiger partial charge in [0.15, 0.2) is 5.56 Å². The van der Waals surface area contributed by atoms with E-state index in [1.165, 1.54) is 18.7 Å². The van der Waals surface area contributed by atoms with Crippen LogP contribution in [0.25, 0.3) is 0 Å². The summed E-state index contributed by atoms with van der Waals surface area (Å²) >= 11 is 0. The summed E-state index contributed by atoms with van der Waals surface area (Å²) in [6.07, 6.45) is 4.89. The Morgan fingerprint density at radius 1 is 1.38 bits per heavy atom. The molecule has 9 heteroatoms. The molecule has 2 aromatic heterocycles. The minimum absolute atomic E-state index is 0.0854. The Hall–Kier alpha value is -2.86. The first kappa shape index (κ1) is 17.9. The van der Waals surface area contributed by atoms with Gasteiger partial charge in [-0.3, -0.25) is 13.9 Å². The van der Waals surface area contributed by atoms with Gasteiger partial charge in [-0.2, -0.15) is 5.26 Å². The molecule has 0 aromatic carbocycles. The molecule has 2 aromatic rings. The van der Waals surface area contributed by atoms with Crippen molar-refractivity contribution in [2.45, 2.75) is 38.5 Å². The van der Waals surface area contributed by atoms with Gasteiger partial charge in [0.25, 0.3) is 5.56 Å². The summed E-state index contributed by atoms with van der Waals surface area (Å²) in [6, 6.07) is 1.71. The van der Waals surface area contributed by atoms with Crippen molar-refractivity contribution in [3.05, 3.63) is 44.6 Å². The Labute approximate surface area is 150 Å². The topological polar surface area (TPSA) is 107 Å². The van der Waals surface area contributed by atoms with Crippen molar-refractivity contribution in [3.8, 4) is 6.07 Å². The van der Waals surface area contributed by atoms with Gasteiger partial charge in [-0.1, -0.05) is 0 Å². The lowest BCUT2D eigenvalue weighted by molar-refractivity contribution is -0.00187. The number of imidazole rings is 1. The zero-order valence-electron chi connectivity index (χ0n) is 15.1. The molecule has 0 unspecified atom stereocenters. The highest BCUT2D eigenvalue weighted by molar-refractivity contribution is 5.52. The molecule has 1 aliphatic heterocycles. The van der Waals surface area contributed by atoms with Gasteiger partial charge >= 0.3 is 5.69 Å². The van der Waals surface area contributed by atoms with E-state index in [-0.39, 0.29) is 23.5 Å². The predicted molar refractivity (Wildman–Crippen MR) is 94.9 cm³/mol. The third-order valence-electron chi connectivity index (χ3n) is 4.76. The fraction of sp³-hybridized carbons (Fsp3) is 0.529. The number of nitrogens with one attached hydrogen (secondary N) is 1. The lowest BCUT2D eigenvalue weighted by Crippen LogP contribution is -2.43. The Morgan fingerprint density at radius 3 is 2.85 bits per heavy atom. The maximum atomic E-state index is 12.3. The monoisotopic (exact) mass is 358 g/mol. The Morgan fingerprint density at radius 2 is 2.15 bits per heavy atom. The van der Waals surface area contributed by atoms with E-state index in [9.17, 15) is 14.9 Å². The molecule has 1 saturated heterocycles. The molecule has 0 spiro atoms. The lowest BCUT2D eigenvalue weighted by Gasteiger charge is -2.33. The summed E-state index contributed by atoms with van der Waals surface area (Å²) in [4.78, 5) is 29.0. The molecule has 0 saturated carbocycles. The van der Waals surface area contributed by atoms with E-state index in [2.05, 4.69) is 10.3 Å². The van der Waals surface area contributed by atoms with Crippen molar-refractivity contribution in [1.82, 2.24) is 18.7 Å². The molecule has 1 fully saturated rings. The van der Waals surface area contributed by atoms with E-state index in [4.69, 9.17) is 4.74 Å². The highest BCUT2D eigenvalue weighted by Gasteiger charge is 2.32. The highest BCUT2D eigenvalue weighted by Crippen LogP contribution is 2.30. The smallest absolute Gasteiger partial charge is 0.332 e. The number of aromatic nitrogens is 4. The van der Waals surface area contributed by atoms with E-state index in [1.807, 2.05) is 23.8 Å². The molecule has 1 aliphatic rings. The molecular weight excluding hydrogens is 336 g/mol. The largest absolute Gasteiger partial charge is 0.368 e. The van der Waals surface area contributed by atoms with Crippen LogP contribution in [0.2, 0.25) is 0 Å². The standard InChI is InChI=1S/C17H22N6O3/c1-4-23-8-7-19-15(23)13-12(6-5-9-26-13)20-14-11(10-18)16(24)22(3)17(25)21(14)2/h7-8,12-13,20H,4-6,9H2,1-3H3/t12-,13-/m0/s1. The molecule has 26 heavy (non-hydrogen) atoms. The van der Waals surface area contributed by atoms with Gasteiger partial charge in [0.05, 0.1) is 6.04 Å². The third-order valence-corrected chi connectivity index (χ3v) is 4.76. The van der Waals surface area contributed by atoms with Gasteiger partial charge in [-0.05, 0) is 19.8 Å². The van der Waals surface area contributed by atoms with E-state index >= 15 is 0 Å². The van der Waals surface area contributed by atoms with Crippen LogP contribution < -0.4 is 16.6 Å². The van der Waals surface area contributed by atoms with Gasteiger partial charge in [-0.25, -0.2) is 9.78 Å². The summed E-state index contributed by atoms with van der Waals surface area (Å²) in [5.41, 5.74) is -1.18. The molecule has 0 amide bonds. The second kappa shape index (κ2) is 7.17. The SMILES string of the molecule is CCn1ccnc1[C@H]1OCCC[C@@H]1Nc1c(C#N)c(=O)n(C)c(=O)n1C. The zero-order chi connectivity index (χ0) is 18.8. The van der Waals surface area contributed by atoms with Crippen LogP contribution in [0.15, 0.2) is 22.0 Å². The van der Waals surface area contributed by atoms with Crippen LogP contribution in [0.1, 0.15) is 37.3 Å². The average Bonchev–Trinajstić information content (AvgIpc) is 3.13. The molecule has 3 heterocycles. The van der Waals surface area contributed by atoms with Crippen LogP contribution in [0.5, 0.6) is 0 Å². The first-order chi connectivity index (χ1) is 12.5. The van der Waals surface area contributed by atoms with Crippen LogP contribution in [0.4, 0.5) is 5.82 Å². The minimum atomic E-state index is -0.610. The quantitative estimate of drug-likeness (QED) is 0.853. The number of rotatable bonds is 4. The fourth-order valence-electron chi connectivity index (χ4n) is 3.32. The molecule has 0 radical (unpaired) electrons. The molecule has 0 bridgehead atoms. The van der Waals surface area contributed by atoms with E-state index in [0.717, 1.165) is 29.8 Å².